The van der Waals surface area contributed by atoms with E-state index in [0.717, 1.165) is 13.1 Å². The number of guanidine groups is 1. The number of nitrogens with zero attached hydrogens (tertiary/aromatic N) is 2. The van der Waals surface area contributed by atoms with Crippen molar-refractivity contribution in [3.05, 3.63) is 0 Å². The molecule has 0 rings (SSSR count). The average molecular weight is 265 g/mol. The van der Waals surface area contributed by atoms with Gasteiger partial charge in [-0.15, -0.1) is 0 Å². The summed E-state index contributed by atoms with van der Waals surface area (Å²) in [6.45, 7) is 6.70. The molecule has 6 nitrogen and oxygen atoms in total. The second-order valence-corrected chi connectivity index (χ2v) is 5.91. The lowest BCUT2D eigenvalue weighted by atomic mass is 10.5. The third-order valence-electron chi connectivity index (χ3n) is 2.20. The number of sulfone groups is 1. The molecule has 0 saturated carbocycles. The highest BCUT2D eigenvalue weighted by atomic mass is 32.2. The maximum atomic E-state index is 10.8. The van der Waals surface area contributed by atoms with Crippen LogP contribution in [0, 0.1) is 0 Å². The molecule has 17 heavy (non-hydrogen) atoms. The summed E-state index contributed by atoms with van der Waals surface area (Å²) in [5.74, 6) is 0.545. The third-order valence-corrected chi connectivity index (χ3v) is 3.10. The average Bonchev–Trinajstić information content (AvgIpc) is 2.23. The van der Waals surface area contributed by atoms with E-state index in [0.29, 0.717) is 19.1 Å². The minimum atomic E-state index is -2.94. The van der Waals surface area contributed by atoms with Crippen LogP contribution in [-0.4, -0.2) is 64.1 Å². The number of hydrogen-bond acceptors (Lipinski definition) is 4. The highest BCUT2D eigenvalue weighted by Gasteiger charge is 2.02. The predicted octanol–water partition coefficient (Wildman–Crippen LogP) is -0.296. The van der Waals surface area contributed by atoms with Gasteiger partial charge in [0.15, 0.2) is 5.96 Å². The smallest absolute Gasteiger partial charge is 0.191 e. The molecule has 0 fully saturated rings. The topological polar surface area (TPSA) is 85.0 Å². The lowest BCUT2D eigenvalue weighted by Crippen LogP contribution is -2.37. The fraction of sp³-hybridized carbons (Fsp3) is 0.900. The molecule has 0 unspecified atom stereocenters. The minimum Gasteiger partial charge on any atom is -0.378 e. The molecule has 0 aromatic heterocycles. The first kappa shape index (κ1) is 16.2. The monoisotopic (exact) mass is 265 g/mol. The van der Waals surface area contributed by atoms with Gasteiger partial charge in [0.2, 0.25) is 0 Å². The van der Waals surface area contributed by atoms with Gasteiger partial charge in [-0.05, 0) is 13.8 Å². The molecular weight excluding hydrogens is 242 g/mol. The summed E-state index contributed by atoms with van der Waals surface area (Å²) in [6.07, 6.45) is 1.19. The zero-order valence-electron chi connectivity index (χ0n) is 10.8. The van der Waals surface area contributed by atoms with Gasteiger partial charge in [-0.3, -0.25) is 4.99 Å². The lowest BCUT2D eigenvalue weighted by Gasteiger charge is -2.19. The van der Waals surface area contributed by atoms with Crippen molar-refractivity contribution in [2.24, 2.45) is 10.7 Å². The second kappa shape index (κ2) is 8.30. The fourth-order valence-electron chi connectivity index (χ4n) is 1.18. The van der Waals surface area contributed by atoms with Crippen molar-refractivity contribution in [1.29, 1.82) is 0 Å². The van der Waals surface area contributed by atoms with E-state index in [1.54, 1.807) is 0 Å². The van der Waals surface area contributed by atoms with Crippen LogP contribution in [0.2, 0.25) is 0 Å². The number of rotatable bonds is 8. The van der Waals surface area contributed by atoms with Crippen molar-refractivity contribution < 1.29 is 13.2 Å². The molecular formula is C10H23N3O3S. The highest BCUT2D eigenvalue weighted by molar-refractivity contribution is 7.90. The molecule has 0 saturated heterocycles. The fourth-order valence-corrected chi connectivity index (χ4v) is 1.61. The zero-order chi connectivity index (χ0) is 13.3. The minimum absolute atomic E-state index is 0.0439. The molecule has 0 radical (unpaired) electrons. The van der Waals surface area contributed by atoms with Gasteiger partial charge < -0.3 is 15.4 Å². The Hall–Kier alpha value is -0.820. The first-order valence-corrected chi connectivity index (χ1v) is 7.77. The van der Waals surface area contributed by atoms with Gasteiger partial charge in [0.25, 0.3) is 0 Å². The van der Waals surface area contributed by atoms with E-state index in [9.17, 15) is 8.42 Å². The van der Waals surface area contributed by atoms with Crippen LogP contribution in [0.1, 0.15) is 13.8 Å². The van der Waals surface area contributed by atoms with Crippen LogP contribution in [0.5, 0.6) is 0 Å². The molecule has 0 heterocycles. The van der Waals surface area contributed by atoms with Crippen LogP contribution >= 0.6 is 0 Å². The molecule has 0 aliphatic carbocycles. The Kier molecular flexibility index (Phi) is 7.90. The largest absolute Gasteiger partial charge is 0.378 e. The molecule has 2 N–H and O–H groups in total. The zero-order valence-corrected chi connectivity index (χ0v) is 11.7. The van der Waals surface area contributed by atoms with Crippen LogP contribution in [0.3, 0.4) is 0 Å². The van der Waals surface area contributed by atoms with Gasteiger partial charge in [0.1, 0.15) is 9.84 Å². The van der Waals surface area contributed by atoms with Crippen molar-refractivity contribution in [3.63, 3.8) is 0 Å². The predicted molar refractivity (Wildman–Crippen MR) is 69.9 cm³/mol. The summed E-state index contributed by atoms with van der Waals surface area (Å²) in [5, 5.41) is 0. The summed E-state index contributed by atoms with van der Waals surface area (Å²) >= 11 is 0. The van der Waals surface area contributed by atoms with E-state index in [1.807, 2.05) is 18.7 Å². The van der Waals surface area contributed by atoms with Crippen LogP contribution < -0.4 is 5.73 Å². The van der Waals surface area contributed by atoms with Crippen molar-refractivity contribution in [2.45, 2.75) is 13.8 Å². The third kappa shape index (κ3) is 8.93. The number of ether oxygens (including phenoxy) is 1. The van der Waals surface area contributed by atoms with Crippen molar-refractivity contribution >= 4 is 15.8 Å². The molecule has 0 amide bonds. The van der Waals surface area contributed by atoms with E-state index >= 15 is 0 Å². The standard InChI is InChI=1S/C10H23N3O3S/c1-4-13(5-2)10(11)12-6-7-16-8-9-17(3,14)15/h4-9H2,1-3H3,(H2,11,12). The van der Waals surface area contributed by atoms with Crippen molar-refractivity contribution in [3.8, 4) is 0 Å². The maximum Gasteiger partial charge on any atom is 0.191 e. The van der Waals surface area contributed by atoms with Crippen LogP contribution in [0.15, 0.2) is 4.99 Å². The van der Waals surface area contributed by atoms with Gasteiger partial charge in [0.05, 0.1) is 25.5 Å². The van der Waals surface area contributed by atoms with Crippen molar-refractivity contribution in [1.82, 2.24) is 4.90 Å². The van der Waals surface area contributed by atoms with Gasteiger partial charge in [-0.2, -0.15) is 0 Å². The quantitative estimate of drug-likeness (QED) is 0.370. The number of nitrogens with two attached hydrogens (primary N) is 1. The van der Waals surface area contributed by atoms with E-state index in [4.69, 9.17) is 10.5 Å². The first-order chi connectivity index (χ1) is 7.90. The summed E-state index contributed by atoms with van der Waals surface area (Å²) in [7, 11) is -2.94. The summed E-state index contributed by atoms with van der Waals surface area (Å²) < 4.78 is 26.8. The summed E-state index contributed by atoms with van der Waals surface area (Å²) in [5.41, 5.74) is 5.75. The van der Waals surface area contributed by atoms with Gasteiger partial charge in [0, 0.05) is 19.3 Å². The maximum absolute atomic E-state index is 10.8. The van der Waals surface area contributed by atoms with Crippen LogP contribution in [0.25, 0.3) is 0 Å². The highest BCUT2D eigenvalue weighted by Crippen LogP contribution is 1.88. The lowest BCUT2D eigenvalue weighted by molar-refractivity contribution is 0.157. The van der Waals surface area contributed by atoms with Gasteiger partial charge in [-0.1, -0.05) is 0 Å². The number of aliphatic imine (C=N–C) groups is 1. The number of hydrogen-bond donors (Lipinski definition) is 1. The Bertz CT molecular complexity index is 324. The molecule has 0 aromatic carbocycles. The Labute approximate surface area is 104 Å². The van der Waals surface area contributed by atoms with Gasteiger partial charge >= 0.3 is 0 Å². The molecule has 0 aromatic rings. The second-order valence-electron chi connectivity index (χ2n) is 3.65. The summed E-state index contributed by atoms with van der Waals surface area (Å²) in [6, 6.07) is 0. The summed E-state index contributed by atoms with van der Waals surface area (Å²) in [4.78, 5) is 6.09. The van der Waals surface area contributed by atoms with E-state index < -0.39 is 9.84 Å². The van der Waals surface area contributed by atoms with E-state index in [2.05, 4.69) is 4.99 Å². The Balaban J connectivity index is 3.73. The van der Waals surface area contributed by atoms with E-state index in [1.165, 1.54) is 6.26 Å². The molecule has 102 valence electrons. The molecule has 0 atom stereocenters. The van der Waals surface area contributed by atoms with Gasteiger partial charge in [-0.25, -0.2) is 8.42 Å². The Morgan fingerprint density at radius 2 is 1.88 bits per heavy atom. The Morgan fingerprint density at radius 3 is 2.35 bits per heavy atom. The van der Waals surface area contributed by atoms with E-state index in [-0.39, 0.29) is 12.4 Å². The van der Waals surface area contributed by atoms with Crippen LogP contribution in [0.4, 0.5) is 0 Å². The first-order valence-electron chi connectivity index (χ1n) is 5.71. The molecule has 0 bridgehead atoms. The SMILES string of the molecule is CCN(CC)C(N)=NCCOCCS(C)(=O)=O. The molecule has 0 aliphatic rings. The van der Waals surface area contributed by atoms with Crippen LogP contribution in [-0.2, 0) is 14.6 Å². The molecule has 7 heteroatoms. The Morgan fingerprint density at radius 1 is 1.29 bits per heavy atom. The molecule has 0 spiro atoms. The normalized spacial score (nSPS) is 12.8. The van der Waals surface area contributed by atoms with Crippen molar-refractivity contribution in [2.75, 3.05) is 44.9 Å². The molecule has 0 aliphatic heterocycles.